The summed E-state index contributed by atoms with van der Waals surface area (Å²) in [4.78, 5) is 39.4. The molecule has 1 aromatic heterocycles. The first-order chi connectivity index (χ1) is 8.06. The molecule has 1 saturated heterocycles. The number of rotatable bonds is 1. The molecule has 6 nitrogen and oxygen atoms in total. The second-order valence-corrected chi connectivity index (χ2v) is 3.88. The lowest BCUT2D eigenvalue weighted by molar-refractivity contribution is -0.135. The van der Waals surface area contributed by atoms with Crippen molar-refractivity contribution in [2.24, 2.45) is 0 Å². The van der Waals surface area contributed by atoms with Crippen LogP contribution in [-0.2, 0) is 9.59 Å². The minimum absolute atomic E-state index is 0.0987. The Morgan fingerprint density at radius 2 is 1.94 bits per heavy atom. The Labute approximate surface area is 97.6 Å². The van der Waals surface area contributed by atoms with Crippen molar-refractivity contribution in [2.45, 2.75) is 6.92 Å². The van der Waals surface area contributed by atoms with E-state index in [0.29, 0.717) is 5.56 Å². The van der Waals surface area contributed by atoms with Crippen LogP contribution in [-0.4, -0.2) is 40.7 Å². The van der Waals surface area contributed by atoms with Crippen LogP contribution in [0.3, 0.4) is 0 Å². The van der Waals surface area contributed by atoms with Gasteiger partial charge >= 0.3 is 0 Å². The second kappa shape index (κ2) is 4.32. The van der Waals surface area contributed by atoms with Crippen LogP contribution in [0.4, 0.5) is 0 Å². The van der Waals surface area contributed by atoms with Crippen LogP contribution in [0, 0.1) is 6.92 Å². The zero-order valence-corrected chi connectivity index (χ0v) is 9.27. The minimum Gasteiger partial charge on any atom is -0.320 e. The van der Waals surface area contributed by atoms with Crippen LogP contribution in [0.1, 0.15) is 15.9 Å². The van der Waals surface area contributed by atoms with Gasteiger partial charge in [0.15, 0.2) is 0 Å². The number of carbonyl (C=O) groups excluding carboxylic acids is 3. The standard InChI is InChI=1S/C11H11N3O3/c1-7-2-8(4-12-3-7)11(17)14-5-9(15)13-10(16)6-14/h2-4H,5-6H2,1H3,(H,13,15,16). The Hall–Kier alpha value is -2.24. The number of carbonyl (C=O) groups is 3. The van der Waals surface area contributed by atoms with Gasteiger partial charge in [-0.25, -0.2) is 0 Å². The summed E-state index contributed by atoms with van der Waals surface area (Å²) in [5, 5.41) is 2.14. The molecule has 0 atom stereocenters. The maximum absolute atomic E-state index is 12.0. The van der Waals surface area contributed by atoms with E-state index in [4.69, 9.17) is 0 Å². The molecule has 88 valence electrons. The molecule has 1 aromatic rings. The fraction of sp³-hybridized carbons (Fsp3) is 0.273. The Balaban J connectivity index is 2.20. The summed E-state index contributed by atoms with van der Waals surface area (Å²) in [6, 6.07) is 1.67. The number of piperazine rings is 1. The molecule has 1 N–H and O–H groups in total. The molecule has 17 heavy (non-hydrogen) atoms. The number of pyridine rings is 1. The number of nitrogens with zero attached hydrogens (tertiary/aromatic N) is 2. The van der Waals surface area contributed by atoms with Crippen molar-refractivity contribution >= 4 is 17.7 Å². The van der Waals surface area contributed by atoms with E-state index in [1.165, 1.54) is 11.1 Å². The molecular weight excluding hydrogens is 222 g/mol. The van der Waals surface area contributed by atoms with Crippen LogP contribution < -0.4 is 5.32 Å². The van der Waals surface area contributed by atoms with E-state index in [1.807, 2.05) is 6.92 Å². The molecule has 0 aliphatic carbocycles. The van der Waals surface area contributed by atoms with Crippen molar-refractivity contribution in [1.29, 1.82) is 0 Å². The molecule has 0 unspecified atom stereocenters. The van der Waals surface area contributed by atoms with Crippen LogP contribution in [0.2, 0.25) is 0 Å². The van der Waals surface area contributed by atoms with E-state index in [9.17, 15) is 14.4 Å². The van der Waals surface area contributed by atoms with Crippen LogP contribution in [0.5, 0.6) is 0 Å². The first-order valence-corrected chi connectivity index (χ1v) is 5.10. The first kappa shape index (κ1) is 11.3. The summed E-state index contributed by atoms with van der Waals surface area (Å²) in [7, 11) is 0. The van der Waals surface area contributed by atoms with E-state index >= 15 is 0 Å². The van der Waals surface area contributed by atoms with E-state index in [-0.39, 0.29) is 19.0 Å². The predicted octanol–water partition coefficient (Wildman–Crippen LogP) is -0.511. The fourth-order valence-electron chi connectivity index (χ4n) is 1.64. The van der Waals surface area contributed by atoms with Gasteiger partial charge in [0.05, 0.1) is 5.56 Å². The third-order valence-corrected chi connectivity index (χ3v) is 2.36. The van der Waals surface area contributed by atoms with Gasteiger partial charge in [-0.05, 0) is 18.6 Å². The summed E-state index contributed by atoms with van der Waals surface area (Å²) >= 11 is 0. The third kappa shape index (κ3) is 2.47. The zero-order valence-electron chi connectivity index (χ0n) is 9.27. The molecule has 1 aliphatic rings. The van der Waals surface area contributed by atoms with Gasteiger partial charge in [-0.1, -0.05) is 0 Å². The third-order valence-electron chi connectivity index (χ3n) is 2.36. The smallest absolute Gasteiger partial charge is 0.256 e. The van der Waals surface area contributed by atoms with Gasteiger partial charge in [0, 0.05) is 12.4 Å². The van der Waals surface area contributed by atoms with Gasteiger partial charge in [0.1, 0.15) is 13.1 Å². The highest BCUT2D eigenvalue weighted by molar-refractivity contribution is 6.05. The molecule has 0 spiro atoms. The number of hydrogen-bond donors (Lipinski definition) is 1. The minimum atomic E-state index is -0.463. The maximum Gasteiger partial charge on any atom is 0.256 e. The number of hydrogen-bond acceptors (Lipinski definition) is 4. The molecule has 0 saturated carbocycles. The molecule has 0 aromatic carbocycles. The lowest BCUT2D eigenvalue weighted by Gasteiger charge is -2.25. The summed E-state index contributed by atoms with van der Waals surface area (Å²) in [5.41, 5.74) is 1.23. The average Bonchev–Trinajstić information content (AvgIpc) is 2.26. The lowest BCUT2D eigenvalue weighted by Crippen LogP contribution is -2.53. The Morgan fingerprint density at radius 1 is 1.29 bits per heavy atom. The number of imide groups is 1. The Kier molecular flexibility index (Phi) is 2.86. The van der Waals surface area contributed by atoms with E-state index in [2.05, 4.69) is 10.3 Å². The van der Waals surface area contributed by atoms with Gasteiger partial charge in [-0.2, -0.15) is 0 Å². The molecular formula is C11H11N3O3. The van der Waals surface area contributed by atoms with Crippen molar-refractivity contribution < 1.29 is 14.4 Å². The van der Waals surface area contributed by atoms with Gasteiger partial charge in [-0.3, -0.25) is 24.7 Å². The number of aromatic nitrogens is 1. The highest BCUT2D eigenvalue weighted by Gasteiger charge is 2.27. The monoisotopic (exact) mass is 233 g/mol. The molecule has 2 heterocycles. The number of amides is 3. The Bertz CT molecular complexity index is 482. The van der Waals surface area contributed by atoms with Crippen molar-refractivity contribution in [2.75, 3.05) is 13.1 Å². The summed E-state index contributed by atoms with van der Waals surface area (Å²) in [5.74, 6) is -1.28. The van der Waals surface area contributed by atoms with Crippen LogP contribution in [0.15, 0.2) is 18.5 Å². The first-order valence-electron chi connectivity index (χ1n) is 5.10. The predicted molar refractivity (Wildman–Crippen MR) is 58.0 cm³/mol. The van der Waals surface area contributed by atoms with Crippen molar-refractivity contribution in [1.82, 2.24) is 15.2 Å². The van der Waals surface area contributed by atoms with E-state index in [0.717, 1.165) is 5.56 Å². The van der Waals surface area contributed by atoms with Gasteiger partial charge < -0.3 is 4.90 Å². The van der Waals surface area contributed by atoms with Gasteiger partial charge in [-0.15, -0.1) is 0 Å². The van der Waals surface area contributed by atoms with E-state index in [1.54, 1.807) is 12.3 Å². The fourth-order valence-corrected chi connectivity index (χ4v) is 1.64. The van der Waals surface area contributed by atoms with Crippen molar-refractivity contribution in [3.63, 3.8) is 0 Å². The largest absolute Gasteiger partial charge is 0.320 e. The number of aryl methyl sites for hydroxylation is 1. The molecule has 6 heteroatoms. The van der Waals surface area contributed by atoms with Crippen LogP contribution >= 0.6 is 0 Å². The summed E-state index contributed by atoms with van der Waals surface area (Å²) in [6.07, 6.45) is 3.05. The molecule has 0 bridgehead atoms. The lowest BCUT2D eigenvalue weighted by atomic mass is 10.2. The maximum atomic E-state index is 12.0. The Morgan fingerprint density at radius 3 is 2.53 bits per heavy atom. The molecule has 1 aliphatic heterocycles. The highest BCUT2D eigenvalue weighted by Crippen LogP contribution is 2.07. The highest BCUT2D eigenvalue weighted by atomic mass is 16.2. The molecule has 2 rings (SSSR count). The number of nitrogens with one attached hydrogen (secondary N) is 1. The molecule has 3 amide bonds. The van der Waals surface area contributed by atoms with Gasteiger partial charge in [0.25, 0.3) is 5.91 Å². The second-order valence-electron chi connectivity index (χ2n) is 3.88. The van der Waals surface area contributed by atoms with Crippen molar-refractivity contribution in [3.8, 4) is 0 Å². The SMILES string of the molecule is Cc1cncc(C(=O)N2CC(=O)NC(=O)C2)c1. The van der Waals surface area contributed by atoms with Crippen molar-refractivity contribution in [3.05, 3.63) is 29.6 Å². The van der Waals surface area contributed by atoms with Gasteiger partial charge in [0.2, 0.25) is 11.8 Å². The zero-order chi connectivity index (χ0) is 12.4. The average molecular weight is 233 g/mol. The normalized spacial score (nSPS) is 15.7. The molecule has 0 radical (unpaired) electrons. The summed E-state index contributed by atoms with van der Waals surface area (Å²) < 4.78 is 0. The summed E-state index contributed by atoms with van der Waals surface area (Å²) in [6.45, 7) is 1.62. The quantitative estimate of drug-likeness (QED) is 0.662. The van der Waals surface area contributed by atoms with Crippen LogP contribution in [0.25, 0.3) is 0 Å². The topological polar surface area (TPSA) is 79.4 Å². The molecule has 1 fully saturated rings. The van der Waals surface area contributed by atoms with E-state index < -0.39 is 11.8 Å².